The minimum atomic E-state index is 0.184. The number of anilines is 2. The lowest BCUT2D eigenvalue weighted by atomic mass is 9.87. The molecule has 1 aliphatic carbocycles. The number of amides is 1. The molecule has 22 heavy (non-hydrogen) atoms. The number of benzene rings is 1. The topological polar surface area (TPSA) is 32.3 Å². The van der Waals surface area contributed by atoms with Crippen LogP contribution in [0, 0.1) is 12.8 Å². The monoisotopic (exact) mass is 300 g/mol. The molecule has 2 aliphatic rings. The van der Waals surface area contributed by atoms with E-state index in [9.17, 15) is 4.79 Å². The summed E-state index contributed by atoms with van der Waals surface area (Å²) in [5.41, 5.74) is 3.44. The number of hydrogen-bond acceptors (Lipinski definition) is 2. The van der Waals surface area contributed by atoms with Gasteiger partial charge in [0.15, 0.2) is 0 Å². The third-order valence-electron chi connectivity index (χ3n) is 5.15. The van der Waals surface area contributed by atoms with E-state index in [2.05, 4.69) is 35.3 Å². The molecular weight excluding hydrogens is 272 g/mol. The second kappa shape index (κ2) is 7.17. The van der Waals surface area contributed by atoms with E-state index >= 15 is 0 Å². The van der Waals surface area contributed by atoms with E-state index in [1.807, 2.05) is 0 Å². The van der Waals surface area contributed by atoms with Crippen molar-refractivity contribution in [2.45, 2.75) is 58.3 Å². The molecule has 2 fully saturated rings. The highest BCUT2D eigenvalue weighted by molar-refractivity contribution is 5.91. The van der Waals surface area contributed by atoms with E-state index in [-0.39, 0.29) is 5.91 Å². The van der Waals surface area contributed by atoms with Crippen LogP contribution in [0.2, 0.25) is 0 Å². The Hall–Kier alpha value is -1.51. The van der Waals surface area contributed by atoms with E-state index in [1.54, 1.807) is 0 Å². The first-order chi connectivity index (χ1) is 10.7. The Morgan fingerprint density at radius 1 is 1.14 bits per heavy atom. The maximum atomic E-state index is 12.3. The molecular formula is C19H28N2O. The Balaban J connectivity index is 1.58. The van der Waals surface area contributed by atoms with Gasteiger partial charge in [-0.3, -0.25) is 4.79 Å². The number of rotatable bonds is 4. The molecule has 1 heterocycles. The smallest absolute Gasteiger partial charge is 0.224 e. The van der Waals surface area contributed by atoms with Crippen molar-refractivity contribution in [3.8, 4) is 0 Å². The molecule has 0 aromatic heterocycles. The predicted octanol–water partition coefficient (Wildman–Crippen LogP) is 4.50. The Morgan fingerprint density at radius 2 is 1.86 bits per heavy atom. The molecule has 1 N–H and O–H groups in total. The summed E-state index contributed by atoms with van der Waals surface area (Å²) in [7, 11) is 0. The number of carbonyl (C=O) groups excluding carboxylic acids is 1. The van der Waals surface area contributed by atoms with Gasteiger partial charge in [0.2, 0.25) is 5.91 Å². The van der Waals surface area contributed by atoms with Gasteiger partial charge in [-0.25, -0.2) is 0 Å². The normalized spacial score (nSPS) is 19.4. The lowest BCUT2D eigenvalue weighted by Gasteiger charge is -2.22. The average Bonchev–Trinajstić information content (AvgIpc) is 3.04. The summed E-state index contributed by atoms with van der Waals surface area (Å²) in [6, 6.07) is 6.43. The standard InChI is InChI=1S/C19H28N2O/c1-15-13-17(21-11-5-6-12-21)9-10-18(15)20-19(22)14-16-7-3-2-4-8-16/h9-10,13,16H,2-8,11-12,14H2,1H3,(H,20,22). The van der Waals surface area contributed by atoms with Crippen LogP contribution in [0.15, 0.2) is 18.2 Å². The van der Waals surface area contributed by atoms with Crippen molar-refractivity contribution < 1.29 is 4.79 Å². The number of nitrogens with zero attached hydrogens (tertiary/aromatic N) is 1. The van der Waals surface area contributed by atoms with Crippen molar-refractivity contribution in [2.24, 2.45) is 5.92 Å². The van der Waals surface area contributed by atoms with Crippen LogP contribution < -0.4 is 10.2 Å². The van der Waals surface area contributed by atoms with Gasteiger partial charge in [0.05, 0.1) is 0 Å². The maximum absolute atomic E-state index is 12.3. The Labute approximate surface area is 134 Å². The molecule has 1 saturated carbocycles. The van der Waals surface area contributed by atoms with Gasteiger partial charge in [-0.1, -0.05) is 19.3 Å². The largest absolute Gasteiger partial charge is 0.372 e. The van der Waals surface area contributed by atoms with Crippen LogP contribution in [-0.4, -0.2) is 19.0 Å². The highest BCUT2D eigenvalue weighted by atomic mass is 16.1. The number of carbonyl (C=O) groups is 1. The van der Waals surface area contributed by atoms with Gasteiger partial charge >= 0.3 is 0 Å². The molecule has 1 aliphatic heterocycles. The average molecular weight is 300 g/mol. The van der Waals surface area contributed by atoms with Crippen molar-refractivity contribution in [3.63, 3.8) is 0 Å². The van der Waals surface area contributed by atoms with Crippen LogP contribution in [0.25, 0.3) is 0 Å². The summed E-state index contributed by atoms with van der Waals surface area (Å²) >= 11 is 0. The van der Waals surface area contributed by atoms with Gasteiger partial charge in [-0.05, 0) is 62.3 Å². The molecule has 3 heteroatoms. The third kappa shape index (κ3) is 3.82. The van der Waals surface area contributed by atoms with E-state index in [4.69, 9.17) is 0 Å². The highest BCUT2D eigenvalue weighted by Crippen LogP contribution is 2.28. The summed E-state index contributed by atoms with van der Waals surface area (Å²) < 4.78 is 0. The summed E-state index contributed by atoms with van der Waals surface area (Å²) in [4.78, 5) is 14.7. The van der Waals surface area contributed by atoms with E-state index < -0.39 is 0 Å². The van der Waals surface area contributed by atoms with E-state index in [0.717, 1.165) is 18.8 Å². The zero-order chi connectivity index (χ0) is 15.4. The van der Waals surface area contributed by atoms with Gasteiger partial charge < -0.3 is 10.2 Å². The highest BCUT2D eigenvalue weighted by Gasteiger charge is 2.18. The Morgan fingerprint density at radius 3 is 2.55 bits per heavy atom. The molecule has 0 bridgehead atoms. The molecule has 0 radical (unpaired) electrons. The quantitative estimate of drug-likeness (QED) is 0.887. The molecule has 1 aromatic rings. The van der Waals surface area contributed by atoms with Crippen LogP contribution in [0.1, 0.15) is 56.9 Å². The lowest BCUT2D eigenvalue weighted by Crippen LogP contribution is -2.20. The first-order valence-corrected chi connectivity index (χ1v) is 8.88. The van der Waals surface area contributed by atoms with Gasteiger partial charge in [0, 0.05) is 30.9 Å². The first-order valence-electron chi connectivity index (χ1n) is 8.88. The van der Waals surface area contributed by atoms with E-state index in [0.29, 0.717) is 12.3 Å². The fourth-order valence-electron chi connectivity index (χ4n) is 3.81. The van der Waals surface area contributed by atoms with Crippen molar-refractivity contribution in [1.29, 1.82) is 0 Å². The molecule has 1 amide bonds. The van der Waals surface area contributed by atoms with Crippen molar-refractivity contribution >= 4 is 17.3 Å². The summed E-state index contributed by atoms with van der Waals surface area (Å²) in [6.45, 7) is 4.41. The zero-order valence-electron chi connectivity index (χ0n) is 13.7. The second-order valence-electron chi connectivity index (χ2n) is 6.95. The van der Waals surface area contributed by atoms with Gasteiger partial charge in [-0.2, -0.15) is 0 Å². The SMILES string of the molecule is Cc1cc(N2CCCC2)ccc1NC(=O)CC1CCCCC1. The molecule has 3 nitrogen and oxygen atoms in total. The van der Waals surface area contributed by atoms with Crippen molar-refractivity contribution in [3.05, 3.63) is 23.8 Å². The van der Waals surface area contributed by atoms with Crippen LogP contribution >= 0.6 is 0 Å². The zero-order valence-corrected chi connectivity index (χ0v) is 13.7. The van der Waals surface area contributed by atoms with Gasteiger partial charge in [0.1, 0.15) is 0 Å². The van der Waals surface area contributed by atoms with Crippen molar-refractivity contribution in [1.82, 2.24) is 0 Å². The molecule has 1 saturated heterocycles. The summed E-state index contributed by atoms with van der Waals surface area (Å²) in [6.07, 6.45) is 9.64. The maximum Gasteiger partial charge on any atom is 0.224 e. The van der Waals surface area contributed by atoms with Crippen LogP contribution in [-0.2, 0) is 4.79 Å². The van der Waals surface area contributed by atoms with Crippen LogP contribution in [0.3, 0.4) is 0 Å². The number of hydrogen-bond donors (Lipinski definition) is 1. The second-order valence-corrected chi connectivity index (χ2v) is 6.95. The molecule has 1 aromatic carbocycles. The minimum Gasteiger partial charge on any atom is -0.372 e. The van der Waals surface area contributed by atoms with Crippen LogP contribution in [0.5, 0.6) is 0 Å². The Kier molecular flexibility index (Phi) is 5.01. The third-order valence-corrected chi connectivity index (χ3v) is 5.15. The molecule has 120 valence electrons. The lowest BCUT2D eigenvalue weighted by molar-refractivity contribution is -0.117. The fourth-order valence-corrected chi connectivity index (χ4v) is 3.81. The van der Waals surface area contributed by atoms with Crippen LogP contribution in [0.4, 0.5) is 11.4 Å². The number of nitrogens with one attached hydrogen (secondary N) is 1. The molecule has 0 atom stereocenters. The molecule has 0 unspecified atom stereocenters. The predicted molar refractivity (Wildman–Crippen MR) is 92.4 cm³/mol. The van der Waals surface area contributed by atoms with E-state index in [1.165, 1.54) is 56.2 Å². The minimum absolute atomic E-state index is 0.184. The van der Waals surface area contributed by atoms with Gasteiger partial charge in [-0.15, -0.1) is 0 Å². The first kappa shape index (κ1) is 15.4. The summed E-state index contributed by atoms with van der Waals surface area (Å²) in [5.74, 6) is 0.779. The van der Waals surface area contributed by atoms with Crippen molar-refractivity contribution in [2.75, 3.05) is 23.3 Å². The molecule has 3 rings (SSSR count). The fraction of sp³-hybridized carbons (Fsp3) is 0.632. The van der Waals surface area contributed by atoms with Gasteiger partial charge in [0.25, 0.3) is 0 Å². The molecule has 0 spiro atoms. The number of aryl methyl sites for hydroxylation is 1. The summed E-state index contributed by atoms with van der Waals surface area (Å²) in [5, 5.41) is 3.12. The Bertz CT molecular complexity index is 514.